The third-order valence-electron chi connectivity index (χ3n) is 5.45. The fourth-order valence-electron chi connectivity index (χ4n) is 3.75. The highest BCUT2D eigenvalue weighted by molar-refractivity contribution is 6.30. The molecule has 1 aromatic carbocycles. The molecule has 34 heavy (non-hydrogen) atoms. The van der Waals surface area contributed by atoms with Crippen molar-refractivity contribution in [3.8, 4) is 0 Å². The summed E-state index contributed by atoms with van der Waals surface area (Å²) in [5.41, 5.74) is 3.09. The number of aromatic amines is 1. The lowest BCUT2D eigenvalue weighted by molar-refractivity contribution is 0.638. The van der Waals surface area contributed by atoms with Crippen LogP contribution in [-0.4, -0.2) is 56.3 Å². The molecule has 1 aliphatic heterocycles. The van der Waals surface area contributed by atoms with Crippen LogP contribution in [0.15, 0.2) is 54.9 Å². The molecule has 0 spiro atoms. The van der Waals surface area contributed by atoms with Crippen LogP contribution in [0.1, 0.15) is 17.1 Å². The Hall–Kier alpha value is -3.98. The Labute approximate surface area is 202 Å². The monoisotopic (exact) mass is 473 g/mol. The number of hydrogen-bond acceptors (Lipinski definition) is 8. The zero-order valence-electron chi connectivity index (χ0n) is 18.7. The molecule has 0 unspecified atom stereocenters. The lowest BCUT2D eigenvalue weighted by Gasteiger charge is -2.36. The summed E-state index contributed by atoms with van der Waals surface area (Å²) in [6.07, 6.45) is 7.45. The molecule has 5 rings (SSSR count). The number of H-pyrrole nitrogens is 1. The van der Waals surface area contributed by atoms with Crippen molar-refractivity contribution < 1.29 is 0 Å². The molecule has 3 aromatic heterocycles. The Bertz CT molecular complexity index is 1280. The Morgan fingerprint density at radius 2 is 1.74 bits per heavy atom. The van der Waals surface area contributed by atoms with Gasteiger partial charge in [-0.15, -0.1) is 0 Å². The number of aromatic nitrogens is 6. The van der Waals surface area contributed by atoms with Crippen molar-refractivity contribution >= 4 is 47.2 Å². The van der Waals surface area contributed by atoms with Crippen molar-refractivity contribution in [2.45, 2.75) is 6.92 Å². The van der Waals surface area contributed by atoms with Crippen molar-refractivity contribution in [2.75, 3.05) is 41.3 Å². The van der Waals surface area contributed by atoms with Gasteiger partial charge in [0.15, 0.2) is 11.6 Å². The second kappa shape index (κ2) is 9.88. The van der Waals surface area contributed by atoms with Gasteiger partial charge >= 0.3 is 0 Å². The summed E-state index contributed by atoms with van der Waals surface area (Å²) in [5, 5.41) is 11.0. The highest BCUT2D eigenvalue weighted by Gasteiger charge is 2.20. The summed E-state index contributed by atoms with van der Waals surface area (Å²) in [4.78, 5) is 22.6. The first-order chi connectivity index (χ1) is 16.6. The first-order valence-electron chi connectivity index (χ1n) is 11.0. The van der Waals surface area contributed by atoms with Gasteiger partial charge in [-0.05, 0) is 42.8 Å². The average Bonchev–Trinajstić information content (AvgIpc) is 3.27. The fraction of sp³-hybridized carbons (Fsp3) is 0.208. The van der Waals surface area contributed by atoms with Gasteiger partial charge in [-0.3, -0.25) is 10.1 Å². The molecule has 10 heteroatoms. The quantitative estimate of drug-likeness (QED) is 0.430. The number of aryl methyl sites for hydroxylation is 1. The molecule has 172 valence electrons. The van der Waals surface area contributed by atoms with Gasteiger partial charge in [0.2, 0.25) is 11.9 Å². The third-order valence-corrected chi connectivity index (χ3v) is 5.69. The molecular formula is C24H24ClN9. The molecule has 0 aliphatic carbocycles. The van der Waals surface area contributed by atoms with Gasteiger partial charge in [-0.25, -0.2) is 0 Å². The highest BCUT2D eigenvalue weighted by atomic mass is 35.5. The van der Waals surface area contributed by atoms with Crippen LogP contribution in [0.2, 0.25) is 5.02 Å². The van der Waals surface area contributed by atoms with Crippen LogP contribution in [0, 0.1) is 6.92 Å². The summed E-state index contributed by atoms with van der Waals surface area (Å²) in [5.74, 6) is 2.28. The van der Waals surface area contributed by atoms with Gasteiger partial charge in [0.05, 0.1) is 0 Å². The standard InChI is InChI=1S/C24H24ClN9/c1-17-15-22(32-31-17)28-23-27-21(6-5-18-3-2-4-19(25)16-18)29-24(30-23)34-13-11-33(12-14-34)20-7-9-26-10-8-20/h2-10,15-16H,11-14H2,1H3,(H2,27,28,29,30,31,32)/b6-5+. The van der Waals surface area contributed by atoms with Gasteiger partial charge in [0, 0.05) is 61.0 Å². The molecule has 0 saturated carbocycles. The summed E-state index contributed by atoms with van der Waals surface area (Å²) in [7, 11) is 0. The molecule has 4 heterocycles. The number of pyridine rings is 1. The second-order valence-corrected chi connectivity index (χ2v) is 8.38. The normalized spacial score (nSPS) is 14.1. The van der Waals surface area contributed by atoms with Gasteiger partial charge in [-0.2, -0.15) is 20.1 Å². The lowest BCUT2D eigenvalue weighted by Crippen LogP contribution is -2.47. The largest absolute Gasteiger partial charge is 0.368 e. The molecule has 1 aliphatic rings. The van der Waals surface area contributed by atoms with Crippen molar-refractivity contribution in [1.82, 2.24) is 30.1 Å². The van der Waals surface area contributed by atoms with Gasteiger partial charge < -0.3 is 15.1 Å². The smallest absolute Gasteiger partial charge is 0.233 e. The Balaban J connectivity index is 1.39. The molecule has 0 atom stereocenters. The Morgan fingerprint density at radius 1 is 0.941 bits per heavy atom. The van der Waals surface area contributed by atoms with Crippen molar-refractivity contribution in [1.29, 1.82) is 0 Å². The SMILES string of the molecule is Cc1cc(Nc2nc(/C=C/c3cccc(Cl)c3)nc(N3CCN(c4ccncc4)CC3)n2)n[nH]1. The van der Waals surface area contributed by atoms with E-state index in [0.29, 0.717) is 28.6 Å². The van der Waals surface area contributed by atoms with Crippen LogP contribution in [0.4, 0.5) is 23.4 Å². The van der Waals surface area contributed by atoms with Crippen LogP contribution in [0.25, 0.3) is 12.2 Å². The van der Waals surface area contributed by atoms with E-state index in [1.807, 2.05) is 73.9 Å². The number of benzene rings is 1. The minimum Gasteiger partial charge on any atom is -0.368 e. The molecular weight excluding hydrogens is 450 g/mol. The molecule has 1 fully saturated rings. The number of hydrogen-bond donors (Lipinski definition) is 2. The van der Waals surface area contributed by atoms with Crippen LogP contribution in [-0.2, 0) is 0 Å². The molecule has 0 radical (unpaired) electrons. The van der Waals surface area contributed by atoms with Crippen LogP contribution in [0.3, 0.4) is 0 Å². The van der Waals surface area contributed by atoms with Crippen LogP contribution < -0.4 is 15.1 Å². The van der Waals surface area contributed by atoms with Crippen LogP contribution in [0.5, 0.6) is 0 Å². The van der Waals surface area contributed by atoms with E-state index in [4.69, 9.17) is 16.6 Å². The minimum atomic E-state index is 0.443. The zero-order chi connectivity index (χ0) is 23.3. The van der Waals surface area contributed by atoms with Crippen LogP contribution >= 0.6 is 11.6 Å². The highest BCUT2D eigenvalue weighted by Crippen LogP contribution is 2.21. The average molecular weight is 474 g/mol. The topological polar surface area (TPSA) is 98.8 Å². The number of halogens is 1. The summed E-state index contributed by atoms with van der Waals surface area (Å²) in [6, 6.07) is 13.6. The van der Waals surface area contributed by atoms with E-state index in [0.717, 1.165) is 37.4 Å². The van der Waals surface area contributed by atoms with Gasteiger partial charge in [0.1, 0.15) is 0 Å². The Kier molecular flexibility index (Phi) is 6.35. The van der Waals surface area contributed by atoms with E-state index in [1.165, 1.54) is 5.69 Å². The van der Waals surface area contributed by atoms with E-state index in [1.54, 1.807) is 0 Å². The number of nitrogens with one attached hydrogen (secondary N) is 2. The predicted octanol–water partition coefficient (Wildman–Crippen LogP) is 4.19. The summed E-state index contributed by atoms with van der Waals surface area (Å²) < 4.78 is 0. The third kappa shape index (κ3) is 5.32. The molecule has 9 nitrogen and oxygen atoms in total. The van der Waals surface area contributed by atoms with Crippen molar-refractivity contribution in [2.24, 2.45) is 0 Å². The maximum Gasteiger partial charge on any atom is 0.233 e. The van der Waals surface area contributed by atoms with E-state index in [-0.39, 0.29) is 0 Å². The zero-order valence-corrected chi connectivity index (χ0v) is 19.4. The van der Waals surface area contributed by atoms with E-state index in [2.05, 4.69) is 40.3 Å². The second-order valence-electron chi connectivity index (χ2n) is 7.95. The van der Waals surface area contributed by atoms with Crippen molar-refractivity contribution in [3.63, 3.8) is 0 Å². The van der Waals surface area contributed by atoms with E-state index < -0.39 is 0 Å². The summed E-state index contributed by atoms with van der Waals surface area (Å²) >= 11 is 6.12. The predicted molar refractivity (Wildman–Crippen MR) is 135 cm³/mol. The maximum absolute atomic E-state index is 6.12. The number of rotatable bonds is 6. The first-order valence-corrected chi connectivity index (χ1v) is 11.4. The fourth-order valence-corrected chi connectivity index (χ4v) is 3.95. The van der Waals surface area contributed by atoms with E-state index in [9.17, 15) is 0 Å². The molecule has 4 aromatic rings. The van der Waals surface area contributed by atoms with Gasteiger partial charge in [0.25, 0.3) is 0 Å². The van der Waals surface area contributed by atoms with E-state index >= 15 is 0 Å². The van der Waals surface area contributed by atoms with Crippen molar-refractivity contribution in [3.05, 3.63) is 77.0 Å². The number of piperazine rings is 1. The molecule has 0 amide bonds. The number of anilines is 4. The summed E-state index contributed by atoms with van der Waals surface area (Å²) in [6.45, 7) is 5.27. The maximum atomic E-state index is 6.12. The molecule has 1 saturated heterocycles. The molecule has 2 N–H and O–H groups in total. The minimum absolute atomic E-state index is 0.443. The molecule has 0 bridgehead atoms. The first kappa shape index (κ1) is 21.8. The Morgan fingerprint density at radius 3 is 2.47 bits per heavy atom. The van der Waals surface area contributed by atoms with Gasteiger partial charge in [-0.1, -0.05) is 29.8 Å². The number of nitrogens with zero attached hydrogens (tertiary/aromatic N) is 7. The lowest BCUT2D eigenvalue weighted by atomic mass is 10.2.